The monoisotopic (exact) mass is 454 g/mol. The molecule has 8 heteroatoms. The average molecular weight is 455 g/mol. The molecule has 0 bridgehead atoms. The van der Waals surface area contributed by atoms with E-state index < -0.39 is 16.3 Å². The van der Waals surface area contributed by atoms with E-state index in [1.165, 1.54) is 12.1 Å². The number of anilines is 1. The van der Waals surface area contributed by atoms with Crippen molar-refractivity contribution in [1.82, 2.24) is 0 Å². The van der Waals surface area contributed by atoms with Crippen LogP contribution >= 0.6 is 0 Å². The minimum atomic E-state index is -0.773. The summed E-state index contributed by atoms with van der Waals surface area (Å²) in [5.41, 5.74) is 0.692. The lowest BCUT2D eigenvalue weighted by Gasteiger charge is -2.28. The third-order valence-electron chi connectivity index (χ3n) is 6.16. The summed E-state index contributed by atoms with van der Waals surface area (Å²) in [4.78, 5) is 36.6. The van der Waals surface area contributed by atoms with Crippen molar-refractivity contribution in [3.63, 3.8) is 0 Å². The topological polar surface area (TPSA) is 108 Å². The lowest BCUT2D eigenvalue weighted by Crippen LogP contribution is -2.38. The number of rotatable bonds is 9. The molecule has 33 heavy (non-hydrogen) atoms. The van der Waals surface area contributed by atoms with Crippen LogP contribution in [0.3, 0.4) is 0 Å². The van der Waals surface area contributed by atoms with Gasteiger partial charge in [-0.1, -0.05) is 31.9 Å². The molecule has 3 rings (SSSR count). The van der Waals surface area contributed by atoms with E-state index in [4.69, 9.17) is 9.47 Å². The second kappa shape index (κ2) is 10.5. The third kappa shape index (κ3) is 5.32. The molecule has 0 aromatic heterocycles. The molecule has 0 heterocycles. The number of non-ortho nitro benzene ring substituents is 1. The first-order valence-corrected chi connectivity index (χ1v) is 11.3. The Kier molecular flexibility index (Phi) is 7.68. The predicted molar refractivity (Wildman–Crippen MR) is 125 cm³/mol. The van der Waals surface area contributed by atoms with Crippen LogP contribution in [0.15, 0.2) is 42.5 Å². The minimum Gasteiger partial charge on any atom is -0.490 e. The van der Waals surface area contributed by atoms with Crippen LogP contribution < -0.4 is 10.1 Å². The quantitative estimate of drug-likeness (QED) is 0.309. The number of hydrogen-bond acceptors (Lipinski definition) is 6. The molecule has 1 aliphatic carbocycles. The fourth-order valence-corrected chi connectivity index (χ4v) is 4.16. The number of hydrogen-bond donors (Lipinski definition) is 1. The summed E-state index contributed by atoms with van der Waals surface area (Å²) in [7, 11) is 0. The molecule has 2 aromatic rings. The van der Waals surface area contributed by atoms with Crippen molar-refractivity contribution < 1.29 is 24.0 Å². The van der Waals surface area contributed by atoms with Gasteiger partial charge >= 0.3 is 5.97 Å². The lowest BCUT2D eigenvalue weighted by atomic mass is 9.78. The number of nitrogens with zero attached hydrogens (tertiary/aromatic N) is 1. The number of ether oxygens (including phenoxy) is 2. The Hall–Kier alpha value is -3.42. The average Bonchev–Trinajstić information content (AvgIpc) is 3.31. The molecule has 1 amide bonds. The van der Waals surface area contributed by atoms with E-state index in [-0.39, 0.29) is 29.9 Å². The molecule has 8 nitrogen and oxygen atoms in total. The SMILES string of the molecule is CCOC(=O)c1cc(NC(=O)C2(c3ccc([N+](=O)[O-])cc3)CCCC2)ccc1OC(C)CC. The normalized spacial score (nSPS) is 15.5. The van der Waals surface area contributed by atoms with Gasteiger partial charge in [0.05, 0.1) is 23.0 Å². The van der Waals surface area contributed by atoms with Crippen molar-refractivity contribution in [3.05, 3.63) is 63.7 Å². The number of carbonyl (C=O) groups is 2. The van der Waals surface area contributed by atoms with Crippen LogP contribution in [-0.2, 0) is 14.9 Å². The minimum absolute atomic E-state index is 0.0109. The molecule has 176 valence electrons. The van der Waals surface area contributed by atoms with E-state index in [1.807, 2.05) is 13.8 Å². The molecule has 2 aromatic carbocycles. The van der Waals surface area contributed by atoms with Crippen LogP contribution in [0.4, 0.5) is 11.4 Å². The smallest absolute Gasteiger partial charge is 0.341 e. The fourth-order valence-electron chi connectivity index (χ4n) is 4.16. The van der Waals surface area contributed by atoms with Crippen molar-refractivity contribution in [2.45, 2.75) is 64.4 Å². The first-order valence-electron chi connectivity index (χ1n) is 11.3. The van der Waals surface area contributed by atoms with Crippen LogP contribution in [-0.4, -0.2) is 29.5 Å². The number of carbonyl (C=O) groups excluding carboxylic acids is 2. The van der Waals surface area contributed by atoms with Gasteiger partial charge in [-0.3, -0.25) is 14.9 Å². The number of nitrogens with one attached hydrogen (secondary N) is 1. The summed E-state index contributed by atoms with van der Waals surface area (Å²) in [6.45, 7) is 5.86. The molecule has 1 unspecified atom stereocenters. The highest BCUT2D eigenvalue weighted by atomic mass is 16.6. The highest BCUT2D eigenvalue weighted by Gasteiger charge is 2.43. The van der Waals surface area contributed by atoms with Gasteiger partial charge in [-0.2, -0.15) is 0 Å². The van der Waals surface area contributed by atoms with Gasteiger partial charge in [-0.05, 0) is 56.9 Å². The summed E-state index contributed by atoms with van der Waals surface area (Å²) in [6, 6.07) is 11.1. The van der Waals surface area contributed by atoms with Gasteiger partial charge in [0.15, 0.2) is 0 Å². The Morgan fingerprint density at radius 3 is 2.36 bits per heavy atom. The summed E-state index contributed by atoms with van der Waals surface area (Å²) in [5.74, 6) is -0.302. The molecular formula is C25H30N2O6. The Balaban J connectivity index is 1.90. The summed E-state index contributed by atoms with van der Waals surface area (Å²) in [5, 5.41) is 14.0. The van der Waals surface area contributed by atoms with Gasteiger partial charge in [-0.25, -0.2) is 4.79 Å². The summed E-state index contributed by atoms with van der Waals surface area (Å²) < 4.78 is 11.0. The Labute approximate surface area is 193 Å². The number of nitro groups is 1. The first kappa shape index (κ1) is 24.2. The zero-order valence-corrected chi connectivity index (χ0v) is 19.3. The maximum atomic E-state index is 13.5. The predicted octanol–water partition coefficient (Wildman–Crippen LogP) is 5.40. The fraction of sp³-hybridized carbons (Fsp3) is 0.440. The van der Waals surface area contributed by atoms with Crippen LogP contribution in [0.2, 0.25) is 0 Å². The lowest BCUT2D eigenvalue weighted by molar-refractivity contribution is -0.384. The van der Waals surface area contributed by atoms with E-state index in [0.29, 0.717) is 24.3 Å². The first-order chi connectivity index (χ1) is 15.8. The van der Waals surface area contributed by atoms with Crippen LogP contribution in [0.5, 0.6) is 5.75 Å². The van der Waals surface area contributed by atoms with E-state index in [9.17, 15) is 19.7 Å². The van der Waals surface area contributed by atoms with E-state index in [0.717, 1.165) is 24.8 Å². The van der Waals surface area contributed by atoms with Gasteiger partial charge in [0.2, 0.25) is 5.91 Å². The molecule has 1 aliphatic rings. The van der Waals surface area contributed by atoms with Crippen LogP contribution in [0, 0.1) is 10.1 Å². The maximum absolute atomic E-state index is 13.5. The molecule has 0 radical (unpaired) electrons. The molecule has 1 atom stereocenters. The molecule has 0 aliphatic heterocycles. The Morgan fingerprint density at radius 2 is 1.79 bits per heavy atom. The van der Waals surface area contributed by atoms with E-state index in [1.54, 1.807) is 37.3 Å². The van der Waals surface area contributed by atoms with Crippen LogP contribution in [0.1, 0.15) is 68.8 Å². The highest BCUT2D eigenvalue weighted by molar-refractivity contribution is 6.01. The van der Waals surface area contributed by atoms with Crippen molar-refractivity contribution in [1.29, 1.82) is 0 Å². The second-order valence-corrected chi connectivity index (χ2v) is 8.32. The number of benzene rings is 2. The van der Waals surface area contributed by atoms with Crippen molar-refractivity contribution in [2.24, 2.45) is 0 Å². The van der Waals surface area contributed by atoms with Gasteiger partial charge in [0.25, 0.3) is 5.69 Å². The molecular weight excluding hydrogens is 424 g/mol. The third-order valence-corrected chi connectivity index (χ3v) is 6.16. The van der Waals surface area contributed by atoms with Crippen molar-refractivity contribution >= 4 is 23.3 Å². The highest BCUT2D eigenvalue weighted by Crippen LogP contribution is 2.42. The Bertz CT molecular complexity index is 1010. The Morgan fingerprint density at radius 1 is 1.12 bits per heavy atom. The number of amides is 1. The zero-order valence-electron chi connectivity index (χ0n) is 19.3. The second-order valence-electron chi connectivity index (χ2n) is 8.32. The van der Waals surface area contributed by atoms with Crippen LogP contribution in [0.25, 0.3) is 0 Å². The van der Waals surface area contributed by atoms with E-state index in [2.05, 4.69) is 5.32 Å². The maximum Gasteiger partial charge on any atom is 0.341 e. The molecule has 0 spiro atoms. The van der Waals surface area contributed by atoms with Gasteiger partial charge in [-0.15, -0.1) is 0 Å². The van der Waals surface area contributed by atoms with Gasteiger partial charge in [0, 0.05) is 17.8 Å². The summed E-state index contributed by atoms with van der Waals surface area (Å²) in [6.07, 6.45) is 3.77. The van der Waals surface area contributed by atoms with Gasteiger partial charge < -0.3 is 14.8 Å². The summed E-state index contributed by atoms with van der Waals surface area (Å²) >= 11 is 0. The van der Waals surface area contributed by atoms with E-state index >= 15 is 0 Å². The zero-order chi connectivity index (χ0) is 24.0. The molecule has 1 fully saturated rings. The molecule has 1 saturated carbocycles. The molecule has 1 N–H and O–H groups in total. The molecule has 0 saturated heterocycles. The largest absolute Gasteiger partial charge is 0.490 e. The van der Waals surface area contributed by atoms with Crippen molar-refractivity contribution in [2.75, 3.05) is 11.9 Å². The number of nitro benzene ring substituents is 1. The number of esters is 1. The standard InChI is InChI=1S/C25H30N2O6/c1-4-17(3)33-22-13-10-19(16-21(22)23(28)32-5-2)26-24(29)25(14-6-7-15-25)18-8-11-20(12-9-18)27(30)31/h8-13,16-17H,4-7,14-15H2,1-3H3,(H,26,29). The van der Waals surface area contributed by atoms with Gasteiger partial charge in [0.1, 0.15) is 11.3 Å². The van der Waals surface area contributed by atoms with Crippen molar-refractivity contribution in [3.8, 4) is 5.75 Å².